The van der Waals surface area contributed by atoms with Crippen LogP contribution >= 0.6 is 11.9 Å². The Morgan fingerprint density at radius 3 is 2.30 bits per heavy atom. The van der Waals surface area contributed by atoms with Gasteiger partial charge in [-0.05, 0) is 32.4 Å². The zero-order valence-corrected chi connectivity index (χ0v) is 8.16. The molecule has 1 fully saturated rings. The predicted molar refractivity (Wildman–Crippen MR) is 48.1 cm³/mol. The molecule has 2 heteroatoms. The largest absolute Gasteiger partial charge is 0.245 e. The lowest BCUT2D eigenvalue weighted by molar-refractivity contribution is 0.320. The highest BCUT2D eigenvalue weighted by atomic mass is 32.2. The molecule has 0 aliphatic carbocycles. The van der Waals surface area contributed by atoms with Crippen molar-refractivity contribution < 1.29 is 0 Å². The van der Waals surface area contributed by atoms with Gasteiger partial charge in [0, 0.05) is 12.1 Å². The molecule has 1 aliphatic rings. The van der Waals surface area contributed by atoms with E-state index in [0.29, 0.717) is 5.54 Å². The van der Waals surface area contributed by atoms with E-state index in [4.69, 9.17) is 0 Å². The minimum absolute atomic E-state index is 0.429. The van der Waals surface area contributed by atoms with Crippen LogP contribution in [0.4, 0.5) is 0 Å². The first-order chi connectivity index (χ1) is 4.56. The smallest absolute Gasteiger partial charge is 0.0260 e. The number of hydrogen-bond donors (Lipinski definition) is 0. The van der Waals surface area contributed by atoms with Crippen LogP contribution in [-0.2, 0) is 0 Å². The summed E-state index contributed by atoms with van der Waals surface area (Å²) in [6.07, 6.45) is 3.51. The molecule has 1 rings (SSSR count). The third-order valence-corrected chi connectivity index (χ3v) is 3.31. The summed E-state index contributed by atoms with van der Waals surface area (Å²) in [5.41, 5.74) is 0.429. The van der Waals surface area contributed by atoms with Gasteiger partial charge in [0.1, 0.15) is 0 Å². The van der Waals surface area contributed by atoms with Crippen molar-refractivity contribution in [3.63, 3.8) is 0 Å². The zero-order chi connectivity index (χ0) is 7.78. The van der Waals surface area contributed by atoms with Crippen LogP contribution in [-0.4, -0.2) is 22.6 Å². The maximum atomic E-state index is 2.48. The van der Waals surface area contributed by atoms with Gasteiger partial charge in [0.25, 0.3) is 0 Å². The summed E-state index contributed by atoms with van der Waals surface area (Å²) in [5, 5.41) is 0. The molecule has 1 heterocycles. The van der Waals surface area contributed by atoms with E-state index >= 15 is 0 Å². The Hall–Kier alpha value is 0.310. The fourth-order valence-electron chi connectivity index (χ4n) is 1.87. The maximum Gasteiger partial charge on any atom is 0.0260 e. The Bertz CT molecular complexity index is 122. The molecule has 0 aromatic rings. The van der Waals surface area contributed by atoms with Gasteiger partial charge in [0.05, 0.1) is 0 Å². The average molecular weight is 159 g/mol. The molecule has 0 radical (unpaired) electrons. The van der Waals surface area contributed by atoms with Gasteiger partial charge >= 0.3 is 0 Å². The Kier molecular flexibility index (Phi) is 2.31. The summed E-state index contributed by atoms with van der Waals surface area (Å²) < 4.78 is 2.48. The second-order valence-electron chi connectivity index (χ2n) is 3.87. The fourth-order valence-corrected chi connectivity index (χ4v) is 2.84. The molecule has 10 heavy (non-hydrogen) atoms. The first-order valence-electron chi connectivity index (χ1n) is 3.88. The Morgan fingerprint density at radius 2 is 2.10 bits per heavy atom. The number of hydrogen-bond acceptors (Lipinski definition) is 2. The summed E-state index contributed by atoms with van der Waals surface area (Å²) in [6.45, 7) is 8.24. The average Bonchev–Trinajstić information content (AvgIpc) is 2.04. The van der Waals surface area contributed by atoms with Gasteiger partial charge in [0.2, 0.25) is 0 Å². The Labute approximate surface area is 68.3 Å². The van der Waals surface area contributed by atoms with Crippen LogP contribution in [0, 0.1) is 5.92 Å². The molecule has 60 valence electrons. The van der Waals surface area contributed by atoms with E-state index < -0.39 is 0 Å². The van der Waals surface area contributed by atoms with Gasteiger partial charge in [-0.25, -0.2) is 4.31 Å². The van der Waals surface area contributed by atoms with E-state index in [0.717, 1.165) is 5.92 Å². The highest BCUT2D eigenvalue weighted by Crippen LogP contribution is 2.36. The molecular weight excluding hydrogens is 142 g/mol. The molecule has 1 aliphatic heterocycles. The highest BCUT2D eigenvalue weighted by molar-refractivity contribution is 7.96. The second kappa shape index (κ2) is 2.74. The van der Waals surface area contributed by atoms with Crippen LogP contribution in [0.2, 0.25) is 0 Å². The molecule has 0 spiro atoms. The van der Waals surface area contributed by atoms with Crippen LogP contribution in [0.1, 0.15) is 27.2 Å². The summed E-state index contributed by atoms with van der Waals surface area (Å²) in [7, 11) is 0. The first-order valence-corrected chi connectivity index (χ1v) is 5.06. The third kappa shape index (κ3) is 1.48. The van der Waals surface area contributed by atoms with Crippen molar-refractivity contribution in [1.82, 2.24) is 4.31 Å². The number of nitrogens with zero attached hydrogens (tertiary/aromatic N) is 1. The van der Waals surface area contributed by atoms with E-state index in [1.165, 1.54) is 13.0 Å². The van der Waals surface area contributed by atoms with Crippen molar-refractivity contribution in [2.24, 2.45) is 5.92 Å². The molecule has 0 amide bonds. The molecule has 1 saturated heterocycles. The van der Waals surface area contributed by atoms with Crippen molar-refractivity contribution in [3.8, 4) is 0 Å². The lowest BCUT2D eigenvalue weighted by atomic mass is 9.99. The predicted octanol–water partition coefficient (Wildman–Crippen LogP) is 2.38. The van der Waals surface area contributed by atoms with Crippen molar-refractivity contribution in [1.29, 1.82) is 0 Å². The minimum atomic E-state index is 0.429. The van der Waals surface area contributed by atoms with Gasteiger partial charge < -0.3 is 0 Å². The summed E-state index contributed by atoms with van der Waals surface area (Å²) in [5.74, 6) is 0.877. The summed E-state index contributed by atoms with van der Waals surface area (Å²) in [4.78, 5) is 0. The molecule has 0 aromatic carbocycles. The molecule has 0 saturated carbocycles. The van der Waals surface area contributed by atoms with E-state index in [1.807, 2.05) is 11.9 Å². The normalized spacial score (nSPS) is 33.0. The van der Waals surface area contributed by atoms with E-state index in [1.54, 1.807) is 0 Å². The van der Waals surface area contributed by atoms with Crippen molar-refractivity contribution >= 4 is 11.9 Å². The summed E-state index contributed by atoms with van der Waals surface area (Å²) >= 11 is 1.88. The summed E-state index contributed by atoms with van der Waals surface area (Å²) in [6, 6.07) is 0. The second-order valence-corrected chi connectivity index (χ2v) is 4.67. The van der Waals surface area contributed by atoms with Gasteiger partial charge in [0.15, 0.2) is 0 Å². The lowest BCUT2D eigenvalue weighted by Gasteiger charge is -2.28. The minimum Gasteiger partial charge on any atom is -0.245 e. The zero-order valence-electron chi connectivity index (χ0n) is 7.35. The first kappa shape index (κ1) is 8.41. The molecule has 0 unspecified atom stereocenters. The standard InChI is InChI=1S/C8H17NS/c1-7-5-8(2,3)9(6-7)10-4/h7H,5-6H2,1-4H3/t7-/m0/s1. The fraction of sp³-hybridized carbons (Fsp3) is 1.00. The molecule has 0 N–H and O–H groups in total. The van der Waals surface area contributed by atoms with Crippen LogP contribution in [0.15, 0.2) is 0 Å². The van der Waals surface area contributed by atoms with Gasteiger partial charge in [-0.15, -0.1) is 0 Å². The van der Waals surface area contributed by atoms with Gasteiger partial charge in [-0.2, -0.15) is 0 Å². The van der Waals surface area contributed by atoms with Crippen molar-refractivity contribution in [3.05, 3.63) is 0 Å². The monoisotopic (exact) mass is 159 g/mol. The maximum absolute atomic E-state index is 2.48. The van der Waals surface area contributed by atoms with Crippen LogP contribution in [0.25, 0.3) is 0 Å². The van der Waals surface area contributed by atoms with Gasteiger partial charge in [-0.1, -0.05) is 18.9 Å². The Morgan fingerprint density at radius 1 is 1.50 bits per heavy atom. The van der Waals surface area contributed by atoms with Gasteiger partial charge in [-0.3, -0.25) is 0 Å². The van der Waals surface area contributed by atoms with E-state index in [2.05, 4.69) is 31.3 Å². The highest BCUT2D eigenvalue weighted by Gasteiger charge is 2.35. The Balaban J connectivity index is 2.58. The molecule has 0 bridgehead atoms. The third-order valence-electron chi connectivity index (χ3n) is 2.22. The van der Waals surface area contributed by atoms with Crippen LogP contribution in [0.5, 0.6) is 0 Å². The topological polar surface area (TPSA) is 3.24 Å². The van der Waals surface area contributed by atoms with Crippen LogP contribution < -0.4 is 0 Å². The molecule has 1 nitrogen and oxygen atoms in total. The lowest BCUT2D eigenvalue weighted by Crippen LogP contribution is -2.31. The number of rotatable bonds is 1. The quantitative estimate of drug-likeness (QED) is 0.540. The molecule has 1 atom stereocenters. The van der Waals surface area contributed by atoms with E-state index in [-0.39, 0.29) is 0 Å². The molecule has 0 aromatic heterocycles. The van der Waals surface area contributed by atoms with Crippen molar-refractivity contribution in [2.75, 3.05) is 12.8 Å². The SMILES string of the molecule is CSN1C[C@@H](C)CC1(C)C. The van der Waals surface area contributed by atoms with Crippen molar-refractivity contribution in [2.45, 2.75) is 32.7 Å². The molecular formula is C8H17NS. The van der Waals surface area contributed by atoms with E-state index in [9.17, 15) is 0 Å². The van der Waals surface area contributed by atoms with Crippen LogP contribution in [0.3, 0.4) is 0 Å².